The summed E-state index contributed by atoms with van der Waals surface area (Å²) in [6.07, 6.45) is -3.63. The van der Waals surface area contributed by atoms with Crippen LogP contribution in [0.2, 0.25) is 0 Å². The van der Waals surface area contributed by atoms with Crippen LogP contribution in [-0.2, 0) is 6.11 Å². The van der Waals surface area contributed by atoms with Crippen molar-refractivity contribution in [1.29, 1.82) is 0 Å². The van der Waals surface area contributed by atoms with Crippen molar-refractivity contribution in [2.45, 2.75) is 26.9 Å². The number of rotatable bonds is 3. The molecule has 1 heterocycles. The number of aromatic nitrogens is 1. The maximum absolute atomic E-state index is 14.3. The number of benzene rings is 2. The summed E-state index contributed by atoms with van der Waals surface area (Å²) in [6.45, 7) is 5.65. The zero-order chi connectivity index (χ0) is 15.9. The number of fused-ring (bicyclic) bond motifs is 1. The molecule has 0 saturated heterocycles. The molecule has 3 nitrogen and oxygen atoms in total. The van der Waals surface area contributed by atoms with E-state index in [1.165, 1.54) is 0 Å². The molecule has 1 aromatic heterocycles. The van der Waals surface area contributed by atoms with Gasteiger partial charge in [-0.2, -0.15) is 8.78 Å². The average molecular weight is 303 g/mol. The number of nitrogens with zero attached hydrogens (tertiary/aromatic N) is 1. The van der Waals surface area contributed by atoms with Gasteiger partial charge in [0.2, 0.25) is 0 Å². The van der Waals surface area contributed by atoms with Crippen molar-refractivity contribution in [2.24, 2.45) is 0 Å². The first kappa shape index (κ1) is 14.5. The van der Waals surface area contributed by atoms with Gasteiger partial charge in [0, 0.05) is 0 Å². The molecule has 0 aliphatic rings. The van der Waals surface area contributed by atoms with Crippen LogP contribution in [0.1, 0.15) is 22.6 Å². The third-order valence-corrected chi connectivity index (χ3v) is 3.69. The van der Waals surface area contributed by atoms with Crippen LogP contribution in [-0.4, -0.2) is 4.98 Å². The Kier molecular flexibility index (Phi) is 3.35. The molecule has 0 aliphatic heterocycles. The normalized spacial score (nSPS) is 11.9. The van der Waals surface area contributed by atoms with E-state index in [1.807, 2.05) is 20.8 Å². The molecule has 0 spiro atoms. The summed E-state index contributed by atoms with van der Waals surface area (Å²) >= 11 is 0. The fourth-order valence-corrected chi connectivity index (χ4v) is 2.24. The minimum Gasteiger partial charge on any atom is -0.432 e. The molecule has 5 heteroatoms. The Balaban J connectivity index is 1.96. The number of ether oxygens (including phenoxy) is 1. The molecule has 0 aliphatic carbocycles. The number of hydrogen-bond donors (Lipinski definition) is 0. The SMILES string of the molecule is Cc1cc(OC(F)(F)c2nc3ccccc3o2)cc(C)c1C. The lowest BCUT2D eigenvalue weighted by atomic mass is 10.0. The molecule has 0 unspecified atom stereocenters. The van der Waals surface area contributed by atoms with E-state index >= 15 is 0 Å². The number of para-hydroxylation sites is 2. The molecular weight excluding hydrogens is 288 g/mol. The summed E-state index contributed by atoms with van der Waals surface area (Å²) in [4.78, 5) is 3.80. The predicted octanol–water partition coefficient (Wildman–Crippen LogP) is 4.88. The highest BCUT2D eigenvalue weighted by molar-refractivity contribution is 5.72. The van der Waals surface area contributed by atoms with E-state index in [2.05, 4.69) is 4.98 Å². The summed E-state index contributed by atoms with van der Waals surface area (Å²) in [6, 6.07) is 9.77. The highest BCUT2D eigenvalue weighted by Gasteiger charge is 2.41. The van der Waals surface area contributed by atoms with Crippen molar-refractivity contribution in [3.63, 3.8) is 0 Å². The Bertz CT molecular complexity index is 784. The van der Waals surface area contributed by atoms with Crippen LogP contribution in [0.4, 0.5) is 8.78 Å². The first-order valence-corrected chi connectivity index (χ1v) is 6.87. The quantitative estimate of drug-likeness (QED) is 0.691. The van der Waals surface area contributed by atoms with Gasteiger partial charge >= 0.3 is 12.0 Å². The Morgan fingerprint density at radius 3 is 2.32 bits per heavy atom. The highest BCUT2D eigenvalue weighted by Crippen LogP contribution is 2.34. The number of hydrogen-bond acceptors (Lipinski definition) is 3. The molecule has 0 atom stereocenters. The molecule has 114 valence electrons. The summed E-state index contributed by atoms with van der Waals surface area (Å²) in [7, 11) is 0. The molecule has 0 saturated carbocycles. The van der Waals surface area contributed by atoms with Crippen LogP contribution in [0, 0.1) is 20.8 Å². The molecule has 0 N–H and O–H groups in total. The zero-order valence-corrected chi connectivity index (χ0v) is 12.5. The standard InChI is InChI=1S/C17H15F2NO2/c1-10-8-13(9-11(2)12(10)3)22-17(18,19)16-20-14-6-4-5-7-15(14)21-16/h4-9H,1-3H3. The topological polar surface area (TPSA) is 35.3 Å². The van der Waals surface area contributed by atoms with Crippen LogP contribution in [0.25, 0.3) is 11.1 Å². The molecule has 3 aromatic rings. The van der Waals surface area contributed by atoms with Gasteiger partial charge in [-0.25, -0.2) is 4.98 Å². The maximum atomic E-state index is 14.3. The first-order chi connectivity index (χ1) is 10.4. The van der Waals surface area contributed by atoms with Crippen LogP contribution < -0.4 is 4.74 Å². The number of alkyl halides is 2. The summed E-state index contributed by atoms with van der Waals surface area (Å²) in [5, 5.41) is 0. The van der Waals surface area contributed by atoms with Crippen molar-refractivity contribution >= 4 is 11.1 Å². The van der Waals surface area contributed by atoms with E-state index in [9.17, 15) is 8.78 Å². The lowest BCUT2D eigenvalue weighted by Crippen LogP contribution is -2.22. The molecule has 0 amide bonds. The second-order valence-electron chi connectivity index (χ2n) is 5.29. The van der Waals surface area contributed by atoms with Gasteiger partial charge in [0.1, 0.15) is 11.3 Å². The Labute approximate surface area is 126 Å². The molecule has 2 aromatic carbocycles. The fraction of sp³-hybridized carbons (Fsp3) is 0.235. The monoisotopic (exact) mass is 303 g/mol. The summed E-state index contributed by atoms with van der Waals surface area (Å²) in [5.41, 5.74) is 3.51. The van der Waals surface area contributed by atoms with Crippen molar-refractivity contribution in [3.05, 3.63) is 59.0 Å². The Morgan fingerprint density at radius 2 is 1.68 bits per heavy atom. The summed E-state index contributed by atoms with van der Waals surface area (Å²) in [5.74, 6) is -0.655. The van der Waals surface area contributed by atoms with Crippen LogP contribution >= 0.6 is 0 Å². The number of aryl methyl sites for hydroxylation is 2. The number of halogens is 2. The fourth-order valence-electron chi connectivity index (χ4n) is 2.24. The Hall–Kier alpha value is -2.43. The number of oxazole rings is 1. The molecular formula is C17H15F2NO2. The predicted molar refractivity (Wildman–Crippen MR) is 79.2 cm³/mol. The van der Waals surface area contributed by atoms with E-state index in [1.54, 1.807) is 36.4 Å². The van der Waals surface area contributed by atoms with Crippen LogP contribution in [0.3, 0.4) is 0 Å². The minimum atomic E-state index is -3.63. The molecule has 22 heavy (non-hydrogen) atoms. The van der Waals surface area contributed by atoms with Crippen molar-refractivity contribution in [1.82, 2.24) is 4.98 Å². The van der Waals surface area contributed by atoms with Gasteiger partial charge in [-0.3, -0.25) is 0 Å². The minimum absolute atomic E-state index is 0.0906. The van der Waals surface area contributed by atoms with E-state index in [0.29, 0.717) is 11.1 Å². The third-order valence-electron chi connectivity index (χ3n) is 3.69. The molecule has 0 fully saturated rings. The summed E-state index contributed by atoms with van der Waals surface area (Å²) < 4.78 is 38.5. The zero-order valence-electron chi connectivity index (χ0n) is 12.5. The molecule has 3 rings (SSSR count). The maximum Gasteiger partial charge on any atom is 0.480 e. The lowest BCUT2D eigenvalue weighted by Gasteiger charge is -2.16. The largest absolute Gasteiger partial charge is 0.480 e. The lowest BCUT2D eigenvalue weighted by molar-refractivity contribution is -0.201. The second-order valence-corrected chi connectivity index (χ2v) is 5.29. The van der Waals surface area contributed by atoms with Gasteiger partial charge in [0.15, 0.2) is 5.58 Å². The van der Waals surface area contributed by atoms with Crippen LogP contribution in [0.15, 0.2) is 40.8 Å². The van der Waals surface area contributed by atoms with Gasteiger partial charge in [-0.1, -0.05) is 12.1 Å². The second kappa shape index (κ2) is 5.09. The highest BCUT2D eigenvalue weighted by atomic mass is 19.3. The van der Waals surface area contributed by atoms with E-state index < -0.39 is 12.0 Å². The van der Waals surface area contributed by atoms with Crippen LogP contribution in [0.5, 0.6) is 5.75 Å². The van der Waals surface area contributed by atoms with Crippen molar-refractivity contribution in [3.8, 4) is 5.75 Å². The van der Waals surface area contributed by atoms with Gasteiger partial charge in [0.05, 0.1) is 0 Å². The van der Waals surface area contributed by atoms with Crippen molar-refractivity contribution < 1.29 is 17.9 Å². The van der Waals surface area contributed by atoms with Gasteiger partial charge < -0.3 is 9.15 Å². The molecule has 0 radical (unpaired) electrons. The molecule has 0 bridgehead atoms. The smallest absolute Gasteiger partial charge is 0.432 e. The van der Waals surface area contributed by atoms with E-state index in [4.69, 9.17) is 9.15 Å². The van der Waals surface area contributed by atoms with Gasteiger partial charge in [-0.15, -0.1) is 0 Å². The average Bonchev–Trinajstić information content (AvgIpc) is 2.89. The van der Waals surface area contributed by atoms with E-state index in [0.717, 1.165) is 16.7 Å². The Morgan fingerprint density at radius 1 is 1.05 bits per heavy atom. The first-order valence-electron chi connectivity index (χ1n) is 6.87. The van der Waals surface area contributed by atoms with Gasteiger partial charge in [-0.05, 0) is 61.7 Å². The third kappa shape index (κ3) is 2.54. The van der Waals surface area contributed by atoms with Crippen molar-refractivity contribution in [2.75, 3.05) is 0 Å². The van der Waals surface area contributed by atoms with E-state index in [-0.39, 0.29) is 5.75 Å². The van der Waals surface area contributed by atoms with Gasteiger partial charge in [0.25, 0.3) is 0 Å².